The van der Waals surface area contributed by atoms with E-state index in [-0.39, 0.29) is 16.4 Å². The number of sulfonamides is 1. The van der Waals surface area contributed by atoms with Crippen LogP contribution in [0.25, 0.3) is 10.9 Å². The van der Waals surface area contributed by atoms with Crippen LogP contribution in [0.4, 0.5) is 11.4 Å². The number of rotatable bonds is 8. The molecule has 2 N–H and O–H groups in total. The Labute approximate surface area is 210 Å². The van der Waals surface area contributed by atoms with Crippen LogP contribution in [0.3, 0.4) is 0 Å². The summed E-state index contributed by atoms with van der Waals surface area (Å²) in [6, 6.07) is 12.2. The SMILES string of the molecule is CC1=NS(=O)(=O)c2cc(C(=O)NCCCNc3ccnc4cc(Cl)ccc34)ccc2N1CC(C)C. The molecule has 0 spiro atoms. The van der Waals surface area contributed by atoms with Crippen LogP contribution in [0, 0.1) is 5.92 Å². The summed E-state index contributed by atoms with van der Waals surface area (Å²) in [5.74, 6) is 0.419. The number of nitrogens with one attached hydrogen (secondary N) is 2. The lowest BCUT2D eigenvalue weighted by atomic mass is 10.1. The third-order valence-electron chi connectivity index (χ3n) is 5.64. The highest BCUT2D eigenvalue weighted by Gasteiger charge is 2.30. The van der Waals surface area contributed by atoms with Gasteiger partial charge in [-0.3, -0.25) is 9.78 Å². The van der Waals surface area contributed by atoms with Crippen molar-refractivity contribution >= 4 is 55.6 Å². The maximum atomic E-state index is 12.7. The molecule has 1 amide bonds. The molecule has 0 unspecified atom stereocenters. The zero-order valence-corrected chi connectivity index (χ0v) is 21.4. The van der Waals surface area contributed by atoms with Crippen molar-refractivity contribution in [2.75, 3.05) is 29.9 Å². The third kappa shape index (κ3) is 5.57. The summed E-state index contributed by atoms with van der Waals surface area (Å²) in [6.45, 7) is 7.50. The van der Waals surface area contributed by atoms with Crippen LogP contribution in [-0.2, 0) is 10.0 Å². The van der Waals surface area contributed by atoms with Gasteiger partial charge in [0.15, 0.2) is 0 Å². The Morgan fingerprint density at radius 1 is 1.11 bits per heavy atom. The normalized spacial score (nSPS) is 14.5. The number of nitrogens with zero attached hydrogens (tertiary/aromatic N) is 3. The van der Waals surface area contributed by atoms with Gasteiger partial charge in [-0.25, -0.2) is 0 Å². The fourth-order valence-electron chi connectivity index (χ4n) is 4.02. The minimum Gasteiger partial charge on any atom is -0.384 e. The van der Waals surface area contributed by atoms with Crippen LogP contribution in [-0.4, -0.2) is 44.8 Å². The van der Waals surface area contributed by atoms with Crippen LogP contribution >= 0.6 is 11.6 Å². The molecule has 2 heterocycles. The predicted octanol–water partition coefficient (Wildman–Crippen LogP) is 4.70. The molecule has 10 heteroatoms. The standard InChI is InChI=1S/C25H28ClN5O3S/c1-16(2)15-31-17(3)30-35(33,34)24-13-18(5-8-23(24)31)25(32)29-11-4-10-27-21-9-12-28-22-14-19(26)6-7-20(21)22/h5-9,12-14,16H,4,10-11,15H2,1-3H3,(H,27,28)(H,29,32). The summed E-state index contributed by atoms with van der Waals surface area (Å²) < 4.78 is 29.2. The molecule has 184 valence electrons. The third-order valence-corrected chi connectivity index (χ3v) is 7.26. The second-order valence-corrected chi connectivity index (χ2v) is 10.9. The summed E-state index contributed by atoms with van der Waals surface area (Å²) in [7, 11) is -3.85. The van der Waals surface area contributed by atoms with Crippen molar-refractivity contribution in [3.05, 3.63) is 59.2 Å². The number of hydrogen-bond acceptors (Lipinski definition) is 6. The Bertz CT molecular complexity index is 1410. The molecule has 1 aliphatic rings. The van der Waals surface area contributed by atoms with Gasteiger partial charge in [-0.2, -0.15) is 8.42 Å². The zero-order valence-electron chi connectivity index (χ0n) is 19.9. The lowest BCUT2D eigenvalue weighted by Gasteiger charge is -2.30. The zero-order chi connectivity index (χ0) is 25.2. The highest BCUT2D eigenvalue weighted by Crippen LogP contribution is 2.33. The van der Waals surface area contributed by atoms with Gasteiger partial charge in [-0.15, -0.1) is 4.40 Å². The number of anilines is 2. The van der Waals surface area contributed by atoms with Gasteiger partial charge >= 0.3 is 0 Å². The Morgan fingerprint density at radius 2 is 1.91 bits per heavy atom. The van der Waals surface area contributed by atoms with E-state index in [9.17, 15) is 13.2 Å². The molecule has 1 aliphatic heterocycles. The molecule has 8 nitrogen and oxygen atoms in total. The maximum absolute atomic E-state index is 12.7. The Kier molecular flexibility index (Phi) is 7.28. The molecular formula is C25H28ClN5O3S. The van der Waals surface area contributed by atoms with Crippen LogP contribution < -0.4 is 15.5 Å². The van der Waals surface area contributed by atoms with E-state index in [1.807, 2.05) is 29.2 Å². The van der Waals surface area contributed by atoms with E-state index in [0.29, 0.717) is 48.5 Å². The van der Waals surface area contributed by atoms with Gasteiger partial charge in [0.25, 0.3) is 15.9 Å². The molecule has 0 saturated carbocycles. The summed E-state index contributed by atoms with van der Waals surface area (Å²) in [6.07, 6.45) is 2.40. The van der Waals surface area contributed by atoms with Crippen molar-refractivity contribution in [1.82, 2.24) is 10.3 Å². The summed E-state index contributed by atoms with van der Waals surface area (Å²) in [5.41, 5.74) is 2.60. The van der Waals surface area contributed by atoms with Crippen molar-refractivity contribution < 1.29 is 13.2 Å². The van der Waals surface area contributed by atoms with E-state index in [4.69, 9.17) is 11.6 Å². The van der Waals surface area contributed by atoms with E-state index < -0.39 is 10.0 Å². The van der Waals surface area contributed by atoms with E-state index in [1.165, 1.54) is 6.07 Å². The number of carbonyl (C=O) groups is 1. The largest absolute Gasteiger partial charge is 0.384 e. The number of aromatic nitrogens is 1. The molecule has 3 aromatic rings. The second-order valence-electron chi connectivity index (χ2n) is 8.86. The lowest BCUT2D eigenvalue weighted by Crippen LogP contribution is -2.37. The quantitative estimate of drug-likeness (QED) is 0.423. The van der Waals surface area contributed by atoms with Crippen molar-refractivity contribution in [3.63, 3.8) is 0 Å². The van der Waals surface area contributed by atoms with E-state index in [2.05, 4.69) is 33.9 Å². The minimum atomic E-state index is -3.85. The van der Waals surface area contributed by atoms with Gasteiger partial charge in [-0.1, -0.05) is 25.4 Å². The van der Waals surface area contributed by atoms with Crippen molar-refractivity contribution in [2.24, 2.45) is 10.3 Å². The van der Waals surface area contributed by atoms with Crippen molar-refractivity contribution in [2.45, 2.75) is 32.1 Å². The van der Waals surface area contributed by atoms with Gasteiger partial charge in [0.2, 0.25) is 0 Å². The molecule has 0 bridgehead atoms. The van der Waals surface area contributed by atoms with E-state index in [0.717, 1.165) is 16.6 Å². The van der Waals surface area contributed by atoms with Gasteiger partial charge in [0.1, 0.15) is 10.7 Å². The second kappa shape index (κ2) is 10.2. The number of hydrogen-bond donors (Lipinski definition) is 2. The first kappa shape index (κ1) is 24.9. The number of benzene rings is 2. The van der Waals surface area contributed by atoms with Gasteiger partial charge < -0.3 is 15.5 Å². The van der Waals surface area contributed by atoms with Crippen molar-refractivity contribution in [3.8, 4) is 0 Å². The van der Waals surface area contributed by atoms with E-state index in [1.54, 1.807) is 25.3 Å². The molecule has 0 saturated heterocycles. The Morgan fingerprint density at radius 3 is 2.69 bits per heavy atom. The molecule has 1 aromatic heterocycles. The lowest BCUT2D eigenvalue weighted by molar-refractivity contribution is 0.0953. The van der Waals surface area contributed by atoms with Crippen LogP contribution in [0.5, 0.6) is 0 Å². The molecular weight excluding hydrogens is 486 g/mol. The topological polar surface area (TPSA) is 104 Å². The molecule has 0 radical (unpaired) electrons. The number of amidine groups is 1. The minimum absolute atomic E-state index is 0.0581. The number of fused-ring (bicyclic) bond motifs is 2. The fraction of sp³-hybridized carbons (Fsp3) is 0.320. The molecule has 2 aromatic carbocycles. The molecule has 0 aliphatic carbocycles. The monoisotopic (exact) mass is 513 g/mol. The molecule has 4 rings (SSSR count). The molecule has 35 heavy (non-hydrogen) atoms. The fourth-order valence-corrected chi connectivity index (χ4v) is 5.45. The first-order chi connectivity index (χ1) is 16.7. The number of pyridine rings is 1. The first-order valence-corrected chi connectivity index (χ1v) is 13.3. The van der Waals surface area contributed by atoms with Crippen LogP contribution in [0.15, 0.2) is 58.0 Å². The molecule has 0 fully saturated rings. The predicted molar refractivity (Wildman–Crippen MR) is 141 cm³/mol. The highest BCUT2D eigenvalue weighted by atomic mass is 35.5. The first-order valence-electron chi connectivity index (χ1n) is 11.5. The molecule has 0 atom stereocenters. The average molecular weight is 514 g/mol. The summed E-state index contributed by atoms with van der Waals surface area (Å²) in [4.78, 5) is 19.0. The summed E-state index contributed by atoms with van der Waals surface area (Å²) >= 11 is 6.04. The number of amides is 1. The van der Waals surface area contributed by atoms with Crippen molar-refractivity contribution in [1.29, 1.82) is 0 Å². The number of carbonyl (C=O) groups excluding carboxylic acids is 1. The van der Waals surface area contributed by atoms with Gasteiger partial charge in [-0.05, 0) is 61.7 Å². The van der Waals surface area contributed by atoms with Crippen LogP contribution in [0.1, 0.15) is 37.6 Å². The van der Waals surface area contributed by atoms with Gasteiger partial charge in [0.05, 0.1) is 11.2 Å². The number of halogens is 1. The summed E-state index contributed by atoms with van der Waals surface area (Å²) in [5, 5.41) is 7.83. The highest BCUT2D eigenvalue weighted by molar-refractivity contribution is 7.90. The van der Waals surface area contributed by atoms with Gasteiger partial charge in [0, 0.05) is 47.5 Å². The Balaban J connectivity index is 1.37. The Hall–Kier alpha value is -3.17. The average Bonchev–Trinajstić information content (AvgIpc) is 2.80. The van der Waals surface area contributed by atoms with Crippen LogP contribution in [0.2, 0.25) is 5.02 Å². The smallest absolute Gasteiger partial charge is 0.286 e. The maximum Gasteiger partial charge on any atom is 0.286 e. The van der Waals surface area contributed by atoms with E-state index >= 15 is 0 Å².